The molecule has 0 rings (SSSR count). The van der Waals surface area contributed by atoms with E-state index in [1.165, 1.54) is 0 Å². The van der Waals surface area contributed by atoms with Gasteiger partial charge in [0, 0.05) is 6.10 Å². The topological polar surface area (TPSA) is 104 Å². The van der Waals surface area contributed by atoms with Gasteiger partial charge in [-0.15, -0.1) is 0 Å². The second-order valence-electron chi connectivity index (χ2n) is 2.22. The van der Waals surface area contributed by atoms with Crippen molar-refractivity contribution in [3.05, 3.63) is 0 Å². The third-order valence-corrected chi connectivity index (χ3v) is 0.514. The molecule has 0 aromatic heterocycles. The standard InChI is InChI=1S/C3H7NO3.C3H8O/c4-2(1-5)3(6)7;1-3(2)4/h2,5H,1,4H2,(H,6,7);3-4H,1-2H3/t2-;/m1./s1. The molecule has 0 heterocycles. The number of carboxylic acid groups (broad SMARTS) is 1. The van der Waals surface area contributed by atoms with E-state index in [-0.39, 0.29) is 6.10 Å². The summed E-state index contributed by atoms with van der Waals surface area (Å²) in [6.45, 7) is 2.94. The van der Waals surface area contributed by atoms with E-state index in [2.05, 4.69) is 0 Å². The molecule has 5 nitrogen and oxygen atoms in total. The second kappa shape index (κ2) is 7.46. The van der Waals surface area contributed by atoms with E-state index in [1.807, 2.05) is 0 Å². The first-order valence-corrected chi connectivity index (χ1v) is 3.19. The summed E-state index contributed by atoms with van der Waals surface area (Å²) in [5.41, 5.74) is 4.77. The van der Waals surface area contributed by atoms with Crippen LogP contribution in [0.2, 0.25) is 0 Å². The zero-order chi connectivity index (χ0) is 9.44. The maximum atomic E-state index is 9.65. The Morgan fingerprint density at radius 1 is 1.55 bits per heavy atom. The molecule has 0 aromatic carbocycles. The van der Waals surface area contributed by atoms with Crippen molar-refractivity contribution in [2.24, 2.45) is 5.73 Å². The van der Waals surface area contributed by atoms with Crippen molar-refractivity contribution in [2.75, 3.05) is 6.61 Å². The highest BCUT2D eigenvalue weighted by Gasteiger charge is 2.06. The van der Waals surface area contributed by atoms with Gasteiger partial charge in [-0.2, -0.15) is 0 Å². The van der Waals surface area contributed by atoms with Gasteiger partial charge >= 0.3 is 5.97 Å². The van der Waals surface area contributed by atoms with Crippen LogP contribution >= 0.6 is 0 Å². The minimum absolute atomic E-state index is 0.167. The fraction of sp³-hybridized carbons (Fsp3) is 0.833. The SMILES string of the molecule is CC(C)O.N[C@H](CO)C(=O)O. The molecule has 0 fully saturated rings. The number of aliphatic carboxylic acids is 1. The fourth-order valence-corrected chi connectivity index (χ4v) is 0.0781. The summed E-state index contributed by atoms with van der Waals surface area (Å²) in [5, 5.41) is 24.0. The summed E-state index contributed by atoms with van der Waals surface area (Å²) in [6, 6.07) is -1.13. The molecular weight excluding hydrogens is 150 g/mol. The third kappa shape index (κ3) is 17.6. The molecule has 0 amide bonds. The van der Waals surface area contributed by atoms with Crippen molar-refractivity contribution < 1.29 is 20.1 Å². The van der Waals surface area contributed by atoms with E-state index in [1.54, 1.807) is 13.8 Å². The van der Waals surface area contributed by atoms with Gasteiger partial charge in [0.25, 0.3) is 0 Å². The maximum Gasteiger partial charge on any atom is 0.322 e. The Balaban J connectivity index is 0. The molecule has 0 radical (unpaired) electrons. The van der Waals surface area contributed by atoms with E-state index in [0.717, 1.165) is 0 Å². The Kier molecular flexibility index (Phi) is 8.80. The normalized spacial score (nSPS) is 11.8. The molecule has 68 valence electrons. The van der Waals surface area contributed by atoms with Crippen molar-refractivity contribution in [1.29, 1.82) is 0 Å². The number of hydrogen-bond acceptors (Lipinski definition) is 4. The zero-order valence-electron chi connectivity index (χ0n) is 6.69. The fourth-order valence-electron chi connectivity index (χ4n) is 0.0781. The summed E-state index contributed by atoms with van der Waals surface area (Å²) in [6.07, 6.45) is -0.167. The van der Waals surface area contributed by atoms with Crippen LogP contribution < -0.4 is 5.73 Å². The Hall–Kier alpha value is -0.650. The van der Waals surface area contributed by atoms with E-state index < -0.39 is 18.6 Å². The minimum atomic E-state index is -1.18. The molecular formula is C6H15NO4. The Labute approximate surface area is 65.5 Å². The lowest BCUT2D eigenvalue weighted by molar-refractivity contribution is -0.139. The Bertz CT molecular complexity index is 102. The first kappa shape index (κ1) is 13.0. The quantitative estimate of drug-likeness (QED) is 0.410. The highest BCUT2D eigenvalue weighted by Crippen LogP contribution is 1.71. The van der Waals surface area contributed by atoms with Gasteiger partial charge in [-0.1, -0.05) is 0 Å². The first-order chi connectivity index (χ1) is 4.91. The number of hydrogen-bond donors (Lipinski definition) is 4. The van der Waals surface area contributed by atoms with E-state index in [0.29, 0.717) is 0 Å². The number of aliphatic hydroxyl groups excluding tert-OH is 2. The van der Waals surface area contributed by atoms with Gasteiger partial charge < -0.3 is 21.1 Å². The molecule has 0 saturated carbocycles. The van der Waals surface area contributed by atoms with Crippen LogP contribution in [0.4, 0.5) is 0 Å². The molecule has 0 spiro atoms. The van der Waals surface area contributed by atoms with Crippen molar-refractivity contribution in [2.45, 2.75) is 26.0 Å². The molecule has 0 aliphatic carbocycles. The van der Waals surface area contributed by atoms with Crippen LogP contribution in [-0.2, 0) is 4.79 Å². The molecule has 1 atom stereocenters. The average molecular weight is 165 g/mol. The molecule has 0 saturated heterocycles. The third-order valence-electron chi connectivity index (χ3n) is 0.514. The van der Waals surface area contributed by atoms with Crippen LogP contribution in [0, 0.1) is 0 Å². The van der Waals surface area contributed by atoms with Gasteiger partial charge in [-0.3, -0.25) is 4.79 Å². The Morgan fingerprint density at radius 3 is 1.82 bits per heavy atom. The van der Waals surface area contributed by atoms with Gasteiger partial charge in [0.05, 0.1) is 6.61 Å². The van der Waals surface area contributed by atoms with Gasteiger partial charge in [-0.25, -0.2) is 0 Å². The lowest BCUT2D eigenvalue weighted by Crippen LogP contribution is -2.33. The van der Waals surface area contributed by atoms with E-state index >= 15 is 0 Å². The monoisotopic (exact) mass is 165 g/mol. The first-order valence-electron chi connectivity index (χ1n) is 3.19. The van der Waals surface area contributed by atoms with Crippen LogP contribution in [0.5, 0.6) is 0 Å². The maximum absolute atomic E-state index is 9.65. The number of carbonyl (C=O) groups is 1. The largest absolute Gasteiger partial charge is 0.480 e. The summed E-state index contributed by atoms with van der Waals surface area (Å²) in [5.74, 6) is -1.18. The summed E-state index contributed by atoms with van der Waals surface area (Å²) in [7, 11) is 0. The molecule has 0 aliphatic heterocycles. The van der Waals surface area contributed by atoms with Crippen LogP contribution in [-0.4, -0.2) is 40.0 Å². The second-order valence-corrected chi connectivity index (χ2v) is 2.22. The van der Waals surface area contributed by atoms with Gasteiger partial charge in [0.1, 0.15) is 6.04 Å². The molecule has 0 aromatic rings. The van der Waals surface area contributed by atoms with Gasteiger partial charge in [-0.05, 0) is 13.8 Å². The number of rotatable bonds is 2. The number of aliphatic hydroxyl groups is 2. The molecule has 11 heavy (non-hydrogen) atoms. The number of carboxylic acids is 1. The van der Waals surface area contributed by atoms with E-state index in [9.17, 15) is 4.79 Å². The van der Waals surface area contributed by atoms with Crippen LogP contribution in [0.3, 0.4) is 0 Å². The lowest BCUT2D eigenvalue weighted by Gasteiger charge is -1.96. The molecule has 5 heteroatoms. The smallest absolute Gasteiger partial charge is 0.322 e. The average Bonchev–Trinajstić information content (AvgIpc) is 1.85. The summed E-state index contributed by atoms with van der Waals surface area (Å²) >= 11 is 0. The van der Waals surface area contributed by atoms with Crippen molar-refractivity contribution >= 4 is 5.97 Å². The molecule has 0 aliphatic rings. The minimum Gasteiger partial charge on any atom is -0.480 e. The van der Waals surface area contributed by atoms with Gasteiger partial charge in [0.2, 0.25) is 0 Å². The van der Waals surface area contributed by atoms with Crippen LogP contribution in [0.15, 0.2) is 0 Å². The summed E-state index contributed by atoms with van der Waals surface area (Å²) < 4.78 is 0. The van der Waals surface area contributed by atoms with Crippen LogP contribution in [0.25, 0.3) is 0 Å². The predicted molar refractivity (Wildman–Crippen MR) is 40.1 cm³/mol. The van der Waals surface area contributed by atoms with E-state index in [4.69, 9.17) is 21.1 Å². The zero-order valence-corrected chi connectivity index (χ0v) is 6.69. The van der Waals surface area contributed by atoms with Crippen molar-refractivity contribution in [3.63, 3.8) is 0 Å². The highest BCUT2D eigenvalue weighted by atomic mass is 16.4. The lowest BCUT2D eigenvalue weighted by atomic mass is 10.3. The Morgan fingerprint density at radius 2 is 1.82 bits per heavy atom. The highest BCUT2D eigenvalue weighted by molar-refractivity contribution is 5.73. The van der Waals surface area contributed by atoms with Crippen molar-refractivity contribution in [3.8, 4) is 0 Å². The van der Waals surface area contributed by atoms with Crippen molar-refractivity contribution in [1.82, 2.24) is 0 Å². The molecule has 5 N–H and O–H groups in total. The summed E-state index contributed by atoms with van der Waals surface area (Å²) in [4.78, 5) is 9.65. The molecule has 0 unspecified atom stereocenters. The number of nitrogens with two attached hydrogens (primary N) is 1. The van der Waals surface area contributed by atoms with Gasteiger partial charge in [0.15, 0.2) is 0 Å². The van der Waals surface area contributed by atoms with Crippen LogP contribution in [0.1, 0.15) is 13.8 Å². The molecule has 0 bridgehead atoms. The predicted octanol–water partition coefficient (Wildman–Crippen LogP) is -1.22.